The fourth-order valence-electron chi connectivity index (χ4n) is 1.53. The molecule has 0 atom stereocenters. The van der Waals surface area contributed by atoms with Crippen LogP contribution in [0.25, 0.3) is 0 Å². The van der Waals surface area contributed by atoms with Crippen molar-refractivity contribution in [2.24, 2.45) is 0 Å². The predicted octanol–water partition coefficient (Wildman–Crippen LogP) is 1.11. The molecule has 0 aromatic heterocycles. The van der Waals surface area contributed by atoms with Crippen molar-refractivity contribution in [3.63, 3.8) is 0 Å². The van der Waals surface area contributed by atoms with Gasteiger partial charge in [0.2, 0.25) is 0 Å². The number of likely N-dealkylation sites (N-methyl/N-ethyl adjacent to an activating group) is 1. The first-order valence-corrected chi connectivity index (χ1v) is 6.64. The molecule has 0 saturated heterocycles. The van der Waals surface area contributed by atoms with Gasteiger partial charge in [-0.1, -0.05) is 17.9 Å². The first-order chi connectivity index (χ1) is 9.49. The summed E-state index contributed by atoms with van der Waals surface area (Å²) in [7, 11) is 1.96. The lowest BCUT2D eigenvalue weighted by Gasteiger charge is -2.33. The van der Waals surface area contributed by atoms with Gasteiger partial charge in [0.05, 0.1) is 6.61 Å². The molecule has 0 aliphatic rings. The number of aliphatic hydroxyl groups excluding tert-OH is 2. The Labute approximate surface area is 121 Å². The van der Waals surface area contributed by atoms with Crippen LogP contribution in [0.3, 0.4) is 0 Å². The summed E-state index contributed by atoms with van der Waals surface area (Å²) in [5, 5.41) is 17.9. The van der Waals surface area contributed by atoms with Crippen LogP contribution in [0.15, 0.2) is 24.3 Å². The molecule has 0 aliphatic heterocycles. The normalized spacial score (nSPS) is 11.1. The van der Waals surface area contributed by atoms with Crippen LogP contribution in [0.1, 0.15) is 19.4 Å². The number of hydrogen-bond acceptors (Lipinski definition) is 4. The molecule has 110 valence electrons. The SMILES string of the molecule is CN(CCOc1cccc(C#CCO)c1)C(C)(C)CO. The van der Waals surface area contributed by atoms with Crippen LogP contribution in [0.5, 0.6) is 5.75 Å². The van der Waals surface area contributed by atoms with Crippen molar-refractivity contribution in [3.05, 3.63) is 29.8 Å². The standard InChI is InChI=1S/C16H23NO3/c1-16(2,13-19)17(3)9-11-20-15-8-4-6-14(12-15)7-5-10-18/h4,6,8,12,18-19H,9-11,13H2,1-3H3. The molecule has 20 heavy (non-hydrogen) atoms. The molecule has 0 saturated carbocycles. The van der Waals surface area contributed by atoms with Gasteiger partial charge in [-0.25, -0.2) is 0 Å². The zero-order chi connectivity index (χ0) is 15.0. The molecule has 0 unspecified atom stereocenters. The van der Waals surface area contributed by atoms with Crippen molar-refractivity contribution in [2.45, 2.75) is 19.4 Å². The van der Waals surface area contributed by atoms with E-state index in [1.807, 2.05) is 45.2 Å². The molecular formula is C16H23NO3. The summed E-state index contributed by atoms with van der Waals surface area (Å²) in [5.74, 6) is 6.21. The zero-order valence-corrected chi connectivity index (χ0v) is 12.4. The first kappa shape index (κ1) is 16.5. The third-order valence-electron chi connectivity index (χ3n) is 3.26. The highest BCUT2D eigenvalue weighted by Gasteiger charge is 2.21. The van der Waals surface area contributed by atoms with Crippen molar-refractivity contribution in [1.82, 2.24) is 4.90 Å². The van der Waals surface area contributed by atoms with E-state index in [0.717, 1.165) is 17.9 Å². The summed E-state index contributed by atoms with van der Waals surface area (Å²) in [5.41, 5.74) is 0.568. The number of aliphatic hydroxyl groups is 2. The predicted molar refractivity (Wildman–Crippen MR) is 79.7 cm³/mol. The molecule has 1 aromatic carbocycles. The molecule has 0 fully saturated rings. The van der Waals surface area contributed by atoms with Crippen LogP contribution < -0.4 is 4.74 Å². The number of hydrogen-bond donors (Lipinski definition) is 2. The van der Waals surface area contributed by atoms with Gasteiger partial charge in [0.25, 0.3) is 0 Å². The average Bonchev–Trinajstić information content (AvgIpc) is 2.45. The van der Waals surface area contributed by atoms with Gasteiger partial charge in [-0.3, -0.25) is 4.90 Å². The van der Waals surface area contributed by atoms with E-state index in [9.17, 15) is 5.11 Å². The van der Waals surface area contributed by atoms with Crippen LogP contribution in [0, 0.1) is 11.8 Å². The second-order valence-corrected chi connectivity index (χ2v) is 5.23. The van der Waals surface area contributed by atoms with E-state index < -0.39 is 0 Å². The van der Waals surface area contributed by atoms with Crippen LogP contribution in [-0.2, 0) is 0 Å². The summed E-state index contributed by atoms with van der Waals surface area (Å²) >= 11 is 0. The lowest BCUT2D eigenvalue weighted by atomic mass is 10.1. The highest BCUT2D eigenvalue weighted by molar-refractivity contribution is 5.39. The molecular weight excluding hydrogens is 254 g/mol. The fourth-order valence-corrected chi connectivity index (χ4v) is 1.53. The Morgan fingerprint density at radius 2 is 2.05 bits per heavy atom. The monoisotopic (exact) mass is 277 g/mol. The van der Waals surface area contributed by atoms with E-state index in [-0.39, 0.29) is 18.8 Å². The van der Waals surface area contributed by atoms with E-state index in [1.54, 1.807) is 0 Å². The van der Waals surface area contributed by atoms with Crippen molar-refractivity contribution in [2.75, 3.05) is 33.4 Å². The summed E-state index contributed by atoms with van der Waals surface area (Å²) in [6.45, 7) is 5.19. The van der Waals surface area contributed by atoms with E-state index in [0.29, 0.717) is 6.61 Å². The Balaban J connectivity index is 2.50. The Morgan fingerprint density at radius 1 is 1.30 bits per heavy atom. The minimum atomic E-state index is -0.252. The fraction of sp³-hybridized carbons (Fsp3) is 0.500. The molecule has 4 heteroatoms. The second-order valence-electron chi connectivity index (χ2n) is 5.23. The lowest BCUT2D eigenvalue weighted by molar-refractivity contribution is 0.0679. The van der Waals surface area contributed by atoms with Gasteiger partial charge in [0.1, 0.15) is 19.0 Å². The van der Waals surface area contributed by atoms with Crippen molar-refractivity contribution < 1.29 is 14.9 Å². The van der Waals surface area contributed by atoms with E-state index in [1.165, 1.54) is 0 Å². The van der Waals surface area contributed by atoms with Gasteiger partial charge in [0, 0.05) is 17.6 Å². The Kier molecular flexibility index (Phi) is 6.53. The third-order valence-corrected chi connectivity index (χ3v) is 3.26. The molecule has 2 N–H and O–H groups in total. The molecule has 0 radical (unpaired) electrons. The topological polar surface area (TPSA) is 52.9 Å². The number of benzene rings is 1. The largest absolute Gasteiger partial charge is 0.492 e. The quantitative estimate of drug-likeness (QED) is 0.765. The number of rotatable bonds is 6. The maximum Gasteiger partial charge on any atom is 0.120 e. The molecule has 4 nitrogen and oxygen atoms in total. The van der Waals surface area contributed by atoms with Crippen molar-refractivity contribution >= 4 is 0 Å². The Hall–Kier alpha value is -1.54. The number of nitrogens with zero attached hydrogens (tertiary/aromatic N) is 1. The molecule has 0 aliphatic carbocycles. The molecule has 0 bridgehead atoms. The van der Waals surface area contributed by atoms with E-state index >= 15 is 0 Å². The smallest absolute Gasteiger partial charge is 0.120 e. The van der Waals surface area contributed by atoms with Gasteiger partial charge >= 0.3 is 0 Å². The van der Waals surface area contributed by atoms with Gasteiger partial charge in [0.15, 0.2) is 0 Å². The minimum absolute atomic E-state index is 0.107. The summed E-state index contributed by atoms with van der Waals surface area (Å²) in [4.78, 5) is 2.06. The summed E-state index contributed by atoms with van der Waals surface area (Å²) in [6, 6.07) is 7.47. The minimum Gasteiger partial charge on any atom is -0.492 e. The molecule has 0 heterocycles. The van der Waals surface area contributed by atoms with E-state index in [2.05, 4.69) is 16.7 Å². The van der Waals surface area contributed by atoms with Gasteiger partial charge < -0.3 is 14.9 Å². The Bertz CT molecular complexity index is 474. The van der Waals surface area contributed by atoms with Crippen molar-refractivity contribution in [1.29, 1.82) is 0 Å². The summed E-state index contributed by atoms with van der Waals surface area (Å²) in [6.07, 6.45) is 0. The molecule has 0 spiro atoms. The highest BCUT2D eigenvalue weighted by atomic mass is 16.5. The van der Waals surface area contributed by atoms with Crippen LogP contribution in [-0.4, -0.2) is 54.1 Å². The average molecular weight is 277 g/mol. The van der Waals surface area contributed by atoms with Gasteiger partial charge in [-0.2, -0.15) is 0 Å². The second kappa shape index (κ2) is 7.91. The molecule has 1 aromatic rings. The van der Waals surface area contributed by atoms with Crippen LogP contribution in [0.4, 0.5) is 0 Å². The molecule has 0 amide bonds. The maximum atomic E-state index is 9.28. The van der Waals surface area contributed by atoms with Gasteiger partial charge in [-0.05, 0) is 39.1 Å². The van der Waals surface area contributed by atoms with E-state index in [4.69, 9.17) is 9.84 Å². The van der Waals surface area contributed by atoms with Crippen molar-refractivity contribution in [3.8, 4) is 17.6 Å². The third kappa shape index (κ3) is 5.22. The van der Waals surface area contributed by atoms with Crippen LogP contribution in [0.2, 0.25) is 0 Å². The van der Waals surface area contributed by atoms with Gasteiger partial charge in [-0.15, -0.1) is 0 Å². The number of ether oxygens (including phenoxy) is 1. The zero-order valence-electron chi connectivity index (χ0n) is 12.4. The first-order valence-electron chi connectivity index (χ1n) is 6.64. The summed E-state index contributed by atoms with van der Waals surface area (Å²) < 4.78 is 5.68. The molecule has 1 rings (SSSR count). The van der Waals surface area contributed by atoms with Crippen LogP contribution >= 0.6 is 0 Å². The Morgan fingerprint density at radius 3 is 2.70 bits per heavy atom. The lowest BCUT2D eigenvalue weighted by Crippen LogP contribution is -2.45. The maximum absolute atomic E-state index is 9.28. The highest BCUT2D eigenvalue weighted by Crippen LogP contribution is 2.14.